The van der Waals surface area contributed by atoms with Crippen LogP contribution in [0.3, 0.4) is 0 Å². The van der Waals surface area contributed by atoms with Crippen LogP contribution in [0.5, 0.6) is 0 Å². The number of hydrogen-bond acceptors (Lipinski definition) is 3. The van der Waals surface area contributed by atoms with E-state index >= 15 is 0 Å². The molecule has 1 heterocycles. The summed E-state index contributed by atoms with van der Waals surface area (Å²) in [6.45, 7) is 10.2. The standard InChI is InChI=1S/C21H31N3O3/c1-6-8-13-23(16(4)7-2)18(25)14-24-19(26)21(5,22-20(24)27)17-11-9-15(3)10-12-17/h9-12,16H,6-8,13-14H2,1-5H3,(H,22,27). The van der Waals surface area contributed by atoms with Gasteiger partial charge in [0.05, 0.1) is 0 Å². The monoisotopic (exact) mass is 373 g/mol. The number of aryl methyl sites for hydroxylation is 1. The van der Waals surface area contributed by atoms with Crippen LogP contribution in [0.15, 0.2) is 24.3 Å². The van der Waals surface area contributed by atoms with Gasteiger partial charge in [-0.1, -0.05) is 50.1 Å². The molecule has 1 aromatic rings. The van der Waals surface area contributed by atoms with Gasteiger partial charge in [0.25, 0.3) is 5.91 Å². The Balaban J connectivity index is 2.18. The molecule has 148 valence electrons. The maximum absolute atomic E-state index is 13.0. The molecule has 0 bridgehead atoms. The van der Waals surface area contributed by atoms with Crippen LogP contribution in [-0.2, 0) is 15.1 Å². The normalized spacial score (nSPS) is 20.6. The molecular weight excluding hydrogens is 342 g/mol. The molecule has 0 radical (unpaired) electrons. The Kier molecular flexibility index (Phi) is 6.63. The molecule has 2 unspecified atom stereocenters. The minimum atomic E-state index is -1.14. The Morgan fingerprint density at radius 2 is 1.85 bits per heavy atom. The Hall–Kier alpha value is -2.37. The molecule has 0 aromatic heterocycles. The number of imide groups is 1. The molecule has 2 rings (SSSR count). The van der Waals surface area contributed by atoms with Crippen molar-refractivity contribution in [3.8, 4) is 0 Å². The van der Waals surface area contributed by atoms with Gasteiger partial charge in [0, 0.05) is 12.6 Å². The van der Waals surface area contributed by atoms with Crippen LogP contribution in [0, 0.1) is 6.92 Å². The van der Waals surface area contributed by atoms with Crippen molar-refractivity contribution in [1.29, 1.82) is 0 Å². The minimum Gasteiger partial charge on any atom is -0.338 e. The summed E-state index contributed by atoms with van der Waals surface area (Å²) >= 11 is 0. The molecular formula is C21H31N3O3. The number of nitrogens with zero attached hydrogens (tertiary/aromatic N) is 2. The summed E-state index contributed by atoms with van der Waals surface area (Å²) in [6, 6.07) is 7.05. The third-order valence-corrected chi connectivity index (χ3v) is 5.39. The summed E-state index contributed by atoms with van der Waals surface area (Å²) < 4.78 is 0. The number of rotatable bonds is 8. The van der Waals surface area contributed by atoms with E-state index in [4.69, 9.17) is 0 Å². The van der Waals surface area contributed by atoms with Crippen molar-refractivity contribution in [2.45, 2.75) is 65.5 Å². The van der Waals surface area contributed by atoms with E-state index in [0.717, 1.165) is 29.7 Å². The lowest BCUT2D eigenvalue weighted by Gasteiger charge is -2.30. The van der Waals surface area contributed by atoms with E-state index in [9.17, 15) is 14.4 Å². The lowest BCUT2D eigenvalue weighted by Crippen LogP contribution is -2.47. The zero-order valence-electron chi connectivity index (χ0n) is 17.0. The summed E-state index contributed by atoms with van der Waals surface area (Å²) in [5.74, 6) is -0.571. The van der Waals surface area contributed by atoms with Crippen molar-refractivity contribution in [3.05, 3.63) is 35.4 Å². The Bertz CT molecular complexity index is 701. The first-order valence-corrected chi connectivity index (χ1v) is 9.75. The predicted molar refractivity (Wildman–Crippen MR) is 105 cm³/mol. The van der Waals surface area contributed by atoms with Crippen LogP contribution in [0.1, 0.15) is 58.1 Å². The highest BCUT2D eigenvalue weighted by Gasteiger charge is 2.49. The van der Waals surface area contributed by atoms with Gasteiger partial charge in [0.1, 0.15) is 12.1 Å². The van der Waals surface area contributed by atoms with E-state index in [1.54, 1.807) is 11.8 Å². The van der Waals surface area contributed by atoms with Crippen LogP contribution < -0.4 is 5.32 Å². The van der Waals surface area contributed by atoms with Gasteiger partial charge in [-0.3, -0.25) is 14.5 Å². The zero-order chi connectivity index (χ0) is 20.2. The summed E-state index contributed by atoms with van der Waals surface area (Å²) in [7, 11) is 0. The van der Waals surface area contributed by atoms with Crippen LogP contribution in [0.4, 0.5) is 4.79 Å². The predicted octanol–water partition coefficient (Wildman–Crippen LogP) is 3.19. The van der Waals surface area contributed by atoms with Crippen molar-refractivity contribution in [2.75, 3.05) is 13.1 Å². The second-order valence-corrected chi connectivity index (χ2v) is 7.51. The first-order chi connectivity index (χ1) is 12.7. The second kappa shape index (κ2) is 8.55. The van der Waals surface area contributed by atoms with E-state index in [-0.39, 0.29) is 24.4 Å². The van der Waals surface area contributed by atoms with Crippen molar-refractivity contribution in [2.24, 2.45) is 0 Å². The van der Waals surface area contributed by atoms with Gasteiger partial charge >= 0.3 is 6.03 Å². The summed E-state index contributed by atoms with van der Waals surface area (Å²) in [5, 5.41) is 2.76. The fourth-order valence-corrected chi connectivity index (χ4v) is 3.29. The average Bonchev–Trinajstić information content (AvgIpc) is 2.86. The summed E-state index contributed by atoms with van der Waals surface area (Å²) in [6.07, 6.45) is 2.71. The van der Waals surface area contributed by atoms with Crippen molar-refractivity contribution in [3.63, 3.8) is 0 Å². The minimum absolute atomic E-state index is 0.0771. The van der Waals surface area contributed by atoms with Gasteiger partial charge in [0.15, 0.2) is 0 Å². The summed E-state index contributed by atoms with van der Waals surface area (Å²) in [5.41, 5.74) is 0.646. The molecule has 2 atom stereocenters. The molecule has 6 nitrogen and oxygen atoms in total. The highest BCUT2D eigenvalue weighted by molar-refractivity contribution is 6.09. The van der Waals surface area contributed by atoms with Crippen molar-refractivity contribution in [1.82, 2.24) is 15.1 Å². The SMILES string of the molecule is CCCCN(C(=O)CN1C(=O)NC(C)(c2ccc(C)cc2)C1=O)C(C)CC. The molecule has 1 N–H and O–H groups in total. The quantitative estimate of drug-likeness (QED) is 0.712. The fourth-order valence-electron chi connectivity index (χ4n) is 3.29. The lowest BCUT2D eigenvalue weighted by molar-refractivity contribution is -0.140. The maximum Gasteiger partial charge on any atom is 0.325 e. The van der Waals surface area contributed by atoms with E-state index < -0.39 is 11.6 Å². The Labute approximate surface area is 161 Å². The number of unbranched alkanes of at least 4 members (excludes halogenated alkanes) is 1. The average molecular weight is 373 g/mol. The Morgan fingerprint density at radius 1 is 1.22 bits per heavy atom. The molecule has 0 spiro atoms. The largest absolute Gasteiger partial charge is 0.338 e. The summed E-state index contributed by atoms with van der Waals surface area (Å²) in [4.78, 5) is 41.2. The first-order valence-electron chi connectivity index (χ1n) is 9.75. The molecule has 1 aliphatic rings. The topological polar surface area (TPSA) is 69.7 Å². The van der Waals surface area contributed by atoms with Crippen LogP contribution in [-0.4, -0.2) is 46.8 Å². The van der Waals surface area contributed by atoms with Gasteiger partial charge in [-0.25, -0.2) is 4.79 Å². The van der Waals surface area contributed by atoms with E-state index in [1.165, 1.54) is 0 Å². The number of carbonyl (C=O) groups excluding carboxylic acids is 3. The molecule has 1 aliphatic heterocycles. The van der Waals surface area contributed by atoms with Crippen LogP contribution >= 0.6 is 0 Å². The molecule has 4 amide bonds. The molecule has 1 fully saturated rings. The molecule has 6 heteroatoms. The van der Waals surface area contributed by atoms with E-state index in [1.807, 2.05) is 45.0 Å². The zero-order valence-corrected chi connectivity index (χ0v) is 17.0. The third-order valence-electron chi connectivity index (χ3n) is 5.39. The number of benzene rings is 1. The fraction of sp³-hybridized carbons (Fsp3) is 0.571. The van der Waals surface area contributed by atoms with Gasteiger partial charge < -0.3 is 10.2 Å². The van der Waals surface area contributed by atoms with Crippen LogP contribution in [0.25, 0.3) is 0 Å². The van der Waals surface area contributed by atoms with Crippen molar-refractivity contribution < 1.29 is 14.4 Å². The Morgan fingerprint density at radius 3 is 2.41 bits per heavy atom. The highest BCUT2D eigenvalue weighted by Crippen LogP contribution is 2.29. The van der Waals surface area contributed by atoms with Gasteiger partial charge in [-0.05, 0) is 39.2 Å². The van der Waals surface area contributed by atoms with Gasteiger partial charge in [-0.2, -0.15) is 0 Å². The number of nitrogens with one attached hydrogen (secondary N) is 1. The maximum atomic E-state index is 13.0. The van der Waals surface area contributed by atoms with Gasteiger partial charge in [-0.15, -0.1) is 0 Å². The van der Waals surface area contributed by atoms with Gasteiger partial charge in [0.2, 0.25) is 5.91 Å². The molecule has 0 saturated carbocycles. The van der Waals surface area contributed by atoms with Crippen molar-refractivity contribution >= 4 is 17.8 Å². The first kappa shape index (κ1) is 20.9. The molecule has 27 heavy (non-hydrogen) atoms. The number of urea groups is 1. The highest BCUT2D eigenvalue weighted by atomic mass is 16.2. The third kappa shape index (κ3) is 4.31. The lowest BCUT2D eigenvalue weighted by atomic mass is 9.91. The van der Waals surface area contributed by atoms with E-state index in [0.29, 0.717) is 12.1 Å². The van der Waals surface area contributed by atoms with E-state index in [2.05, 4.69) is 12.2 Å². The number of amides is 4. The molecule has 1 aromatic carbocycles. The van der Waals surface area contributed by atoms with Crippen LogP contribution in [0.2, 0.25) is 0 Å². The molecule has 1 saturated heterocycles. The molecule has 0 aliphatic carbocycles. The second-order valence-electron chi connectivity index (χ2n) is 7.51. The smallest absolute Gasteiger partial charge is 0.325 e. The number of carbonyl (C=O) groups is 3. The number of hydrogen-bond donors (Lipinski definition) is 1.